The lowest BCUT2D eigenvalue weighted by Gasteiger charge is -2.15. The Kier molecular flexibility index (Phi) is 4.87. The molecule has 0 saturated carbocycles. The first-order valence-electron chi connectivity index (χ1n) is 6.27. The van der Waals surface area contributed by atoms with Gasteiger partial charge in [-0.05, 0) is 29.5 Å². The van der Waals surface area contributed by atoms with Crippen molar-refractivity contribution >= 4 is 21.4 Å². The third-order valence-corrected chi connectivity index (χ3v) is 5.27. The van der Waals surface area contributed by atoms with E-state index in [-0.39, 0.29) is 11.1 Å². The molecule has 0 aliphatic rings. The monoisotopic (exact) mass is 311 g/mol. The minimum Gasteiger partial charge on any atom is -0.326 e. The van der Waals surface area contributed by atoms with E-state index < -0.39 is 10.0 Å². The fourth-order valence-electron chi connectivity index (χ4n) is 1.77. The van der Waals surface area contributed by atoms with Gasteiger partial charge in [-0.2, -0.15) is 0 Å². The van der Waals surface area contributed by atoms with Crippen molar-refractivity contribution in [3.05, 3.63) is 46.3 Å². The first-order chi connectivity index (χ1) is 9.56. The van der Waals surface area contributed by atoms with Gasteiger partial charge in [0.1, 0.15) is 0 Å². The van der Waals surface area contributed by atoms with Gasteiger partial charge < -0.3 is 5.73 Å². The van der Waals surface area contributed by atoms with E-state index >= 15 is 0 Å². The molecular weight excluding hydrogens is 294 g/mol. The maximum Gasteiger partial charge on any atom is 0.258 e. The predicted octanol–water partition coefficient (Wildman–Crippen LogP) is 2.03. The summed E-state index contributed by atoms with van der Waals surface area (Å²) in [5.41, 5.74) is 6.27. The van der Waals surface area contributed by atoms with Crippen molar-refractivity contribution in [3.8, 4) is 0 Å². The molecule has 3 N–H and O–H groups in total. The van der Waals surface area contributed by atoms with Crippen LogP contribution in [0.15, 0.2) is 40.9 Å². The second-order valence-electron chi connectivity index (χ2n) is 4.31. The molecule has 0 aromatic carbocycles. The maximum absolute atomic E-state index is 12.3. The van der Waals surface area contributed by atoms with Gasteiger partial charge in [0, 0.05) is 17.6 Å². The normalized spacial score (nSPS) is 13.3. The van der Waals surface area contributed by atoms with E-state index in [2.05, 4.69) is 9.71 Å². The molecule has 2 rings (SSSR count). The minimum atomic E-state index is -3.62. The molecule has 2 aromatic heterocycles. The number of rotatable bonds is 6. The van der Waals surface area contributed by atoms with Crippen LogP contribution in [-0.2, 0) is 16.6 Å². The molecule has 2 aromatic rings. The Morgan fingerprint density at radius 1 is 1.40 bits per heavy atom. The summed E-state index contributed by atoms with van der Waals surface area (Å²) in [6, 6.07) is 6.76. The molecule has 0 aliphatic heterocycles. The Labute approximate surface area is 122 Å². The highest BCUT2D eigenvalue weighted by Crippen LogP contribution is 2.23. The third kappa shape index (κ3) is 3.43. The van der Waals surface area contributed by atoms with E-state index in [1.165, 1.54) is 23.6 Å². The van der Waals surface area contributed by atoms with Gasteiger partial charge in [-0.25, -0.2) is 18.1 Å². The second kappa shape index (κ2) is 6.45. The zero-order valence-corrected chi connectivity index (χ0v) is 12.7. The standard InChI is InChI=1S/C13H17N3O2S2/c1-2-11(12-4-3-7-19-12)16-20(17,18)13-6-5-10(8-14)9-15-13/h3-7,9,11,16H,2,8,14H2,1H3. The van der Waals surface area contributed by atoms with Crippen LogP contribution in [-0.4, -0.2) is 13.4 Å². The Morgan fingerprint density at radius 2 is 2.20 bits per heavy atom. The molecule has 7 heteroatoms. The number of hydrogen-bond acceptors (Lipinski definition) is 5. The van der Waals surface area contributed by atoms with Crippen molar-refractivity contribution in [1.82, 2.24) is 9.71 Å². The van der Waals surface area contributed by atoms with E-state index in [1.807, 2.05) is 24.4 Å². The highest BCUT2D eigenvalue weighted by Gasteiger charge is 2.21. The molecule has 1 unspecified atom stereocenters. The van der Waals surface area contributed by atoms with Crippen LogP contribution in [0.25, 0.3) is 0 Å². The van der Waals surface area contributed by atoms with Crippen molar-refractivity contribution in [2.75, 3.05) is 0 Å². The zero-order valence-electron chi connectivity index (χ0n) is 11.1. The van der Waals surface area contributed by atoms with E-state index in [4.69, 9.17) is 5.73 Å². The fraction of sp³-hybridized carbons (Fsp3) is 0.308. The fourth-order valence-corrected chi connectivity index (χ4v) is 3.93. The largest absolute Gasteiger partial charge is 0.326 e. The Morgan fingerprint density at radius 3 is 2.70 bits per heavy atom. The van der Waals surface area contributed by atoms with Crippen molar-refractivity contribution in [1.29, 1.82) is 0 Å². The van der Waals surface area contributed by atoms with Crippen LogP contribution in [0.3, 0.4) is 0 Å². The molecule has 0 spiro atoms. The van der Waals surface area contributed by atoms with Gasteiger partial charge in [-0.15, -0.1) is 11.3 Å². The molecule has 108 valence electrons. The van der Waals surface area contributed by atoms with Crippen molar-refractivity contribution in [3.63, 3.8) is 0 Å². The third-order valence-electron chi connectivity index (χ3n) is 2.90. The van der Waals surface area contributed by atoms with Crippen molar-refractivity contribution < 1.29 is 8.42 Å². The van der Waals surface area contributed by atoms with Crippen LogP contribution < -0.4 is 10.5 Å². The smallest absolute Gasteiger partial charge is 0.258 e. The van der Waals surface area contributed by atoms with Crippen molar-refractivity contribution in [2.45, 2.75) is 31.0 Å². The number of aromatic nitrogens is 1. The van der Waals surface area contributed by atoms with Gasteiger partial charge in [-0.1, -0.05) is 19.1 Å². The van der Waals surface area contributed by atoms with Crippen LogP contribution in [0.4, 0.5) is 0 Å². The average Bonchev–Trinajstić information content (AvgIpc) is 2.99. The SMILES string of the molecule is CCC(NS(=O)(=O)c1ccc(CN)cn1)c1cccs1. The molecule has 0 radical (unpaired) electrons. The number of nitrogens with one attached hydrogen (secondary N) is 1. The molecule has 0 saturated heterocycles. The number of hydrogen-bond donors (Lipinski definition) is 2. The Bertz CT molecular complexity index is 637. The summed E-state index contributed by atoms with van der Waals surface area (Å²) in [7, 11) is -3.62. The van der Waals surface area contributed by atoms with E-state index in [1.54, 1.807) is 6.07 Å². The average molecular weight is 311 g/mol. The molecule has 1 atom stereocenters. The summed E-state index contributed by atoms with van der Waals surface area (Å²) in [4.78, 5) is 4.96. The van der Waals surface area contributed by atoms with Crippen LogP contribution >= 0.6 is 11.3 Å². The van der Waals surface area contributed by atoms with E-state index in [0.717, 1.165) is 10.4 Å². The molecule has 5 nitrogen and oxygen atoms in total. The molecule has 20 heavy (non-hydrogen) atoms. The van der Waals surface area contributed by atoms with Gasteiger partial charge in [0.05, 0.1) is 6.04 Å². The summed E-state index contributed by atoms with van der Waals surface area (Å²) in [5, 5.41) is 1.95. The van der Waals surface area contributed by atoms with Gasteiger partial charge in [0.15, 0.2) is 5.03 Å². The molecule has 0 aliphatic carbocycles. The molecule has 2 heterocycles. The Balaban J connectivity index is 2.21. The highest BCUT2D eigenvalue weighted by molar-refractivity contribution is 7.89. The summed E-state index contributed by atoms with van der Waals surface area (Å²) >= 11 is 1.53. The summed E-state index contributed by atoms with van der Waals surface area (Å²) < 4.78 is 27.3. The number of nitrogens with two attached hydrogens (primary N) is 1. The van der Waals surface area contributed by atoms with Gasteiger partial charge in [0.25, 0.3) is 10.0 Å². The summed E-state index contributed by atoms with van der Waals surface area (Å²) in [6.45, 7) is 2.28. The van der Waals surface area contributed by atoms with Crippen LogP contribution in [0.1, 0.15) is 29.8 Å². The lowest BCUT2D eigenvalue weighted by Crippen LogP contribution is -2.28. The van der Waals surface area contributed by atoms with E-state index in [9.17, 15) is 8.42 Å². The lowest BCUT2D eigenvalue weighted by molar-refractivity contribution is 0.549. The van der Waals surface area contributed by atoms with Gasteiger partial charge in [0.2, 0.25) is 0 Å². The van der Waals surface area contributed by atoms with Crippen LogP contribution in [0, 0.1) is 0 Å². The quantitative estimate of drug-likeness (QED) is 0.855. The molecular formula is C13H17N3O2S2. The minimum absolute atomic E-state index is 0.0182. The highest BCUT2D eigenvalue weighted by atomic mass is 32.2. The van der Waals surface area contributed by atoms with E-state index in [0.29, 0.717) is 13.0 Å². The number of pyridine rings is 1. The number of sulfonamides is 1. The molecule has 0 bridgehead atoms. The lowest BCUT2D eigenvalue weighted by atomic mass is 10.2. The molecule has 0 fully saturated rings. The second-order valence-corrected chi connectivity index (χ2v) is 6.95. The van der Waals surface area contributed by atoms with Gasteiger partial charge in [-0.3, -0.25) is 0 Å². The number of thiophene rings is 1. The first-order valence-corrected chi connectivity index (χ1v) is 8.64. The van der Waals surface area contributed by atoms with Gasteiger partial charge >= 0.3 is 0 Å². The first kappa shape index (κ1) is 15.1. The Hall–Kier alpha value is -1.28. The van der Waals surface area contributed by atoms with Crippen molar-refractivity contribution in [2.24, 2.45) is 5.73 Å². The molecule has 0 amide bonds. The topological polar surface area (TPSA) is 85.1 Å². The van der Waals surface area contributed by atoms with Crippen LogP contribution in [0.5, 0.6) is 0 Å². The predicted molar refractivity (Wildman–Crippen MR) is 79.8 cm³/mol. The maximum atomic E-state index is 12.3. The van der Waals surface area contributed by atoms with Crippen LogP contribution in [0.2, 0.25) is 0 Å². The summed E-state index contributed by atoms with van der Waals surface area (Å²) in [6.07, 6.45) is 2.17. The number of nitrogens with zero attached hydrogens (tertiary/aromatic N) is 1. The zero-order chi connectivity index (χ0) is 14.6. The summed E-state index contributed by atoms with van der Waals surface area (Å²) in [5.74, 6) is 0.